The Balaban J connectivity index is 1.69. The maximum Gasteiger partial charge on any atom is 0.233 e. The van der Waals surface area contributed by atoms with E-state index in [0.29, 0.717) is 22.8 Å². The first-order chi connectivity index (χ1) is 9.65. The van der Waals surface area contributed by atoms with Gasteiger partial charge < -0.3 is 14.3 Å². The van der Waals surface area contributed by atoms with Crippen LogP contribution in [-0.2, 0) is 11.8 Å². The van der Waals surface area contributed by atoms with Crippen LogP contribution in [0.3, 0.4) is 0 Å². The van der Waals surface area contributed by atoms with Gasteiger partial charge in [-0.25, -0.2) is 0 Å². The Kier molecular flexibility index (Phi) is 3.52. The van der Waals surface area contributed by atoms with Gasteiger partial charge in [0.05, 0.1) is 11.5 Å². The maximum atomic E-state index is 11.9. The van der Waals surface area contributed by atoms with E-state index in [0.717, 1.165) is 12.8 Å². The minimum Gasteiger partial charge on any atom is -0.461 e. The summed E-state index contributed by atoms with van der Waals surface area (Å²) in [5, 5.41) is 11.7. The molecule has 0 bridgehead atoms. The Hall–Kier alpha value is -1.76. The third kappa shape index (κ3) is 2.72. The SMILES string of the molecule is C[C@H](Sc1nnc(-c2ccco2)n1C)C(=O)NC1CC1. The van der Waals surface area contributed by atoms with E-state index >= 15 is 0 Å². The van der Waals surface area contributed by atoms with Gasteiger partial charge in [-0.2, -0.15) is 0 Å². The van der Waals surface area contributed by atoms with E-state index in [9.17, 15) is 4.79 Å². The molecule has 1 aliphatic carbocycles. The van der Waals surface area contributed by atoms with Crippen LogP contribution in [0.2, 0.25) is 0 Å². The third-order valence-corrected chi connectivity index (χ3v) is 4.29. The molecule has 2 aromatic heterocycles. The monoisotopic (exact) mass is 292 g/mol. The van der Waals surface area contributed by atoms with E-state index in [4.69, 9.17) is 4.42 Å². The molecule has 0 unspecified atom stereocenters. The van der Waals surface area contributed by atoms with Gasteiger partial charge in [0.2, 0.25) is 5.91 Å². The molecule has 1 aliphatic rings. The summed E-state index contributed by atoms with van der Waals surface area (Å²) in [5.41, 5.74) is 0. The van der Waals surface area contributed by atoms with Crippen molar-refractivity contribution in [3.63, 3.8) is 0 Å². The highest BCUT2D eigenvalue weighted by atomic mass is 32.2. The average Bonchev–Trinajstić information content (AvgIpc) is 2.94. The quantitative estimate of drug-likeness (QED) is 0.851. The van der Waals surface area contributed by atoms with Gasteiger partial charge in [-0.3, -0.25) is 4.79 Å². The van der Waals surface area contributed by atoms with Crippen molar-refractivity contribution in [3.05, 3.63) is 18.4 Å². The Morgan fingerprint density at radius 1 is 1.55 bits per heavy atom. The highest BCUT2D eigenvalue weighted by Crippen LogP contribution is 2.26. The second-order valence-electron chi connectivity index (χ2n) is 4.89. The topological polar surface area (TPSA) is 73.0 Å². The number of amides is 1. The lowest BCUT2D eigenvalue weighted by Crippen LogP contribution is -2.32. The minimum absolute atomic E-state index is 0.0556. The van der Waals surface area contributed by atoms with Crippen LogP contribution in [0.15, 0.2) is 28.0 Å². The van der Waals surface area contributed by atoms with E-state index in [1.807, 2.05) is 30.7 Å². The standard InChI is InChI=1S/C13H16N4O2S/c1-8(12(18)14-9-5-6-9)20-13-16-15-11(17(13)2)10-4-3-7-19-10/h3-4,7-9H,5-6H2,1-2H3,(H,14,18)/t8-/m0/s1. The van der Waals surface area contributed by atoms with Crippen LogP contribution in [0.1, 0.15) is 19.8 Å². The molecule has 1 saturated carbocycles. The second kappa shape index (κ2) is 5.32. The fraction of sp³-hybridized carbons (Fsp3) is 0.462. The normalized spacial score (nSPS) is 16.1. The molecular weight excluding hydrogens is 276 g/mol. The smallest absolute Gasteiger partial charge is 0.233 e. The van der Waals surface area contributed by atoms with Crippen LogP contribution in [0.25, 0.3) is 11.6 Å². The molecule has 0 spiro atoms. The van der Waals surface area contributed by atoms with Gasteiger partial charge >= 0.3 is 0 Å². The molecule has 106 valence electrons. The zero-order valence-corrected chi connectivity index (χ0v) is 12.2. The molecule has 3 rings (SSSR count). The van der Waals surface area contributed by atoms with Crippen LogP contribution in [-0.4, -0.2) is 32.0 Å². The van der Waals surface area contributed by atoms with E-state index in [1.165, 1.54) is 11.8 Å². The predicted molar refractivity (Wildman–Crippen MR) is 75.2 cm³/mol. The summed E-state index contributed by atoms with van der Waals surface area (Å²) in [6.45, 7) is 1.88. The number of carbonyl (C=O) groups is 1. The van der Waals surface area contributed by atoms with Gasteiger partial charge in [0.1, 0.15) is 0 Å². The number of thioether (sulfide) groups is 1. The fourth-order valence-corrected chi connectivity index (χ4v) is 2.62. The van der Waals surface area contributed by atoms with Crippen molar-refractivity contribution in [2.75, 3.05) is 0 Å². The van der Waals surface area contributed by atoms with Gasteiger partial charge in [-0.05, 0) is 31.9 Å². The molecule has 2 aromatic rings. The summed E-state index contributed by atoms with van der Waals surface area (Å²) in [4.78, 5) is 11.9. The first kappa shape index (κ1) is 13.2. The van der Waals surface area contributed by atoms with Crippen molar-refractivity contribution in [2.24, 2.45) is 7.05 Å². The lowest BCUT2D eigenvalue weighted by molar-refractivity contribution is -0.120. The Morgan fingerprint density at radius 3 is 3.00 bits per heavy atom. The molecule has 2 heterocycles. The van der Waals surface area contributed by atoms with Gasteiger partial charge in [-0.1, -0.05) is 11.8 Å². The minimum atomic E-state index is -0.192. The third-order valence-electron chi connectivity index (χ3n) is 3.15. The fourth-order valence-electron chi connectivity index (χ4n) is 1.80. The molecule has 1 amide bonds. The number of aromatic nitrogens is 3. The lowest BCUT2D eigenvalue weighted by Gasteiger charge is -2.10. The number of furan rings is 1. The highest BCUT2D eigenvalue weighted by molar-refractivity contribution is 8.00. The number of carbonyl (C=O) groups excluding carboxylic acids is 1. The van der Waals surface area contributed by atoms with Gasteiger partial charge in [0.25, 0.3) is 0 Å². The van der Waals surface area contributed by atoms with Gasteiger partial charge in [-0.15, -0.1) is 10.2 Å². The van der Waals surface area contributed by atoms with Gasteiger partial charge in [0, 0.05) is 13.1 Å². The molecule has 1 atom stereocenters. The van der Waals surface area contributed by atoms with Gasteiger partial charge in [0.15, 0.2) is 16.7 Å². The second-order valence-corrected chi connectivity index (χ2v) is 6.19. The van der Waals surface area contributed by atoms with Crippen molar-refractivity contribution >= 4 is 17.7 Å². The first-order valence-electron chi connectivity index (χ1n) is 6.55. The summed E-state index contributed by atoms with van der Waals surface area (Å²) >= 11 is 1.40. The molecule has 0 saturated heterocycles. The summed E-state index contributed by atoms with van der Waals surface area (Å²) in [6.07, 6.45) is 3.79. The summed E-state index contributed by atoms with van der Waals surface area (Å²) in [5.74, 6) is 1.38. The van der Waals surface area contributed by atoms with E-state index in [-0.39, 0.29) is 11.2 Å². The molecule has 0 aliphatic heterocycles. The Labute approximate surface area is 120 Å². The van der Waals surface area contributed by atoms with E-state index in [1.54, 1.807) is 6.26 Å². The molecule has 0 aromatic carbocycles. The molecule has 0 radical (unpaired) electrons. The van der Waals surface area contributed by atoms with Crippen molar-refractivity contribution in [3.8, 4) is 11.6 Å². The van der Waals surface area contributed by atoms with Crippen molar-refractivity contribution in [1.82, 2.24) is 20.1 Å². The molecule has 1 N–H and O–H groups in total. The highest BCUT2D eigenvalue weighted by Gasteiger charge is 2.27. The van der Waals surface area contributed by atoms with Crippen molar-refractivity contribution in [1.29, 1.82) is 0 Å². The summed E-state index contributed by atoms with van der Waals surface area (Å²) < 4.78 is 7.15. The number of nitrogens with one attached hydrogen (secondary N) is 1. The molecular formula is C13H16N4O2S. The average molecular weight is 292 g/mol. The van der Waals surface area contributed by atoms with Crippen LogP contribution in [0.4, 0.5) is 0 Å². The largest absolute Gasteiger partial charge is 0.461 e. The number of hydrogen-bond acceptors (Lipinski definition) is 5. The molecule has 20 heavy (non-hydrogen) atoms. The molecule has 1 fully saturated rings. The van der Waals surface area contributed by atoms with Crippen molar-refractivity contribution in [2.45, 2.75) is 36.2 Å². The van der Waals surface area contributed by atoms with Crippen LogP contribution in [0.5, 0.6) is 0 Å². The number of hydrogen-bond donors (Lipinski definition) is 1. The first-order valence-corrected chi connectivity index (χ1v) is 7.43. The number of nitrogens with zero attached hydrogens (tertiary/aromatic N) is 3. The predicted octanol–water partition coefficient (Wildman–Crippen LogP) is 1.83. The molecule has 7 heteroatoms. The summed E-state index contributed by atoms with van der Waals surface area (Å²) in [6, 6.07) is 4.02. The Morgan fingerprint density at radius 2 is 2.35 bits per heavy atom. The zero-order valence-electron chi connectivity index (χ0n) is 11.4. The molecule has 6 nitrogen and oxygen atoms in total. The zero-order chi connectivity index (χ0) is 14.1. The van der Waals surface area contributed by atoms with E-state index in [2.05, 4.69) is 15.5 Å². The van der Waals surface area contributed by atoms with E-state index < -0.39 is 0 Å². The van der Waals surface area contributed by atoms with Crippen molar-refractivity contribution < 1.29 is 9.21 Å². The Bertz CT molecular complexity index is 604. The van der Waals surface area contributed by atoms with Crippen LogP contribution < -0.4 is 5.32 Å². The maximum absolute atomic E-state index is 11.9. The lowest BCUT2D eigenvalue weighted by atomic mass is 10.4. The summed E-state index contributed by atoms with van der Waals surface area (Å²) in [7, 11) is 1.87. The van der Waals surface area contributed by atoms with Crippen LogP contribution >= 0.6 is 11.8 Å². The van der Waals surface area contributed by atoms with Crippen LogP contribution in [0, 0.1) is 0 Å². The number of rotatable bonds is 5.